The largest absolute Gasteiger partial charge is 0.497 e. The number of hydrogen-bond acceptors (Lipinski definition) is 5. The Hall–Kier alpha value is -3.35. The topological polar surface area (TPSA) is 80.0 Å². The lowest BCUT2D eigenvalue weighted by Gasteiger charge is -2.38. The fourth-order valence-electron chi connectivity index (χ4n) is 3.65. The average molecular weight is 421 g/mol. The van der Waals surface area contributed by atoms with Gasteiger partial charge in [-0.25, -0.2) is 10.8 Å². The predicted octanol–water partition coefficient (Wildman–Crippen LogP) is 3.82. The van der Waals surface area contributed by atoms with Crippen LogP contribution in [0.25, 0.3) is 0 Å². The van der Waals surface area contributed by atoms with Gasteiger partial charge in [-0.15, -0.1) is 0 Å². The SMILES string of the molecule is COc1cccc(C2=Nc3ccccc3[C@H](c3ccc(Cl)cc3)N2CC(=O)NN)c1. The summed E-state index contributed by atoms with van der Waals surface area (Å²) in [6.45, 7) is 0.0359. The number of rotatable bonds is 5. The van der Waals surface area contributed by atoms with Gasteiger partial charge in [0.1, 0.15) is 18.1 Å². The maximum atomic E-state index is 12.3. The van der Waals surface area contributed by atoms with Gasteiger partial charge >= 0.3 is 0 Å². The number of halogens is 1. The molecule has 30 heavy (non-hydrogen) atoms. The Morgan fingerprint density at radius 1 is 1.13 bits per heavy atom. The van der Waals surface area contributed by atoms with Crippen molar-refractivity contribution in [2.45, 2.75) is 6.04 Å². The molecule has 0 radical (unpaired) electrons. The molecule has 1 heterocycles. The first-order chi connectivity index (χ1) is 14.6. The molecule has 152 valence electrons. The van der Waals surface area contributed by atoms with Crippen LogP contribution in [0.4, 0.5) is 5.69 Å². The van der Waals surface area contributed by atoms with Gasteiger partial charge in [-0.05, 0) is 35.9 Å². The van der Waals surface area contributed by atoms with Gasteiger partial charge in [0.15, 0.2) is 0 Å². The second kappa shape index (κ2) is 8.57. The number of amidine groups is 1. The van der Waals surface area contributed by atoms with Crippen molar-refractivity contribution in [1.29, 1.82) is 0 Å². The number of methoxy groups -OCH3 is 1. The molecular weight excluding hydrogens is 400 g/mol. The summed E-state index contributed by atoms with van der Waals surface area (Å²) in [6, 6.07) is 22.9. The summed E-state index contributed by atoms with van der Waals surface area (Å²) in [6.07, 6.45) is 0. The summed E-state index contributed by atoms with van der Waals surface area (Å²) in [5, 5.41) is 0.649. The van der Waals surface area contributed by atoms with Crippen molar-refractivity contribution >= 4 is 29.0 Å². The number of nitrogens with one attached hydrogen (secondary N) is 1. The molecule has 6 nitrogen and oxygen atoms in total. The first kappa shape index (κ1) is 19.9. The number of aliphatic imine (C=N–C) groups is 1. The number of nitrogens with zero attached hydrogens (tertiary/aromatic N) is 2. The predicted molar refractivity (Wildman–Crippen MR) is 118 cm³/mol. The number of carbonyl (C=O) groups excluding carboxylic acids is 1. The third-order valence-corrected chi connectivity index (χ3v) is 5.28. The van der Waals surface area contributed by atoms with E-state index < -0.39 is 0 Å². The zero-order valence-corrected chi connectivity index (χ0v) is 17.1. The van der Waals surface area contributed by atoms with Crippen LogP contribution in [0.3, 0.4) is 0 Å². The summed E-state index contributed by atoms with van der Waals surface area (Å²) in [4.78, 5) is 19.2. The molecule has 3 aromatic carbocycles. The quantitative estimate of drug-likeness (QED) is 0.373. The number of fused-ring (bicyclic) bond motifs is 1. The van der Waals surface area contributed by atoms with Crippen LogP contribution in [0, 0.1) is 0 Å². The third-order valence-electron chi connectivity index (χ3n) is 5.03. The van der Waals surface area contributed by atoms with Crippen LogP contribution < -0.4 is 16.0 Å². The highest BCUT2D eigenvalue weighted by atomic mass is 35.5. The highest BCUT2D eigenvalue weighted by Crippen LogP contribution is 2.40. The van der Waals surface area contributed by atoms with Crippen LogP contribution in [0.15, 0.2) is 77.8 Å². The molecule has 0 fully saturated rings. The molecule has 1 amide bonds. The third kappa shape index (κ3) is 3.87. The zero-order chi connectivity index (χ0) is 21.1. The minimum absolute atomic E-state index is 0.0359. The van der Waals surface area contributed by atoms with E-state index in [1.54, 1.807) is 7.11 Å². The van der Waals surface area contributed by atoms with Crippen LogP contribution in [0.2, 0.25) is 5.02 Å². The lowest BCUT2D eigenvalue weighted by atomic mass is 9.93. The van der Waals surface area contributed by atoms with Crippen molar-refractivity contribution in [2.75, 3.05) is 13.7 Å². The van der Waals surface area contributed by atoms with Gasteiger partial charge in [-0.3, -0.25) is 10.2 Å². The lowest BCUT2D eigenvalue weighted by Crippen LogP contribution is -2.46. The standard InChI is InChI=1S/C23H21ClN4O2/c1-30-18-6-4-5-16(13-18)23-26-20-8-3-2-7-19(20)22(28(23)14-21(29)27-25)15-9-11-17(24)12-10-15/h2-13,22H,14,25H2,1H3,(H,27,29)/t22-/m0/s1. The van der Waals surface area contributed by atoms with Crippen molar-refractivity contribution in [3.05, 3.63) is 94.5 Å². The van der Waals surface area contributed by atoms with E-state index in [1.165, 1.54) is 0 Å². The van der Waals surface area contributed by atoms with Crippen LogP contribution >= 0.6 is 11.6 Å². The molecule has 0 aliphatic carbocycles. The van der Waals surface area contributed by atoms with Crippen molar-refractivity contribution in [3.8, 4) is 5.75 Å². The first-order valence-corrected chi connectivity index (χ1v) is 9.82. The molecule has 0 unspecified atom stereocenters. The number of carbonyl (C=O) groups is 1. The van der Waals surface area contributed by atoms with E-state index in [1.807, 2.05) is 77.7 Å². The molecule has 4 rings (SSSR count). The Kier molecular flexibility index (Phi) is 5.70. The maximum Gasteiger partial charge on any atom is 0.253 e. The van der Waals surface area contributed by atoms with Crippen molar-refractivity contribution in [3.63, 3.8) is 0 Å². The minimum Gasteiger partial charge on any atom is -0.497 e. The van der Waals surface area contributed by atoms with Gasteiger partial charge in [-0.2, -0.15) is 0 Å². The molecule has 1 aliphatic rings. The van der Waals surface area contributed by atoms with Crippen molar-refractivity contribution < 1.29 is 9.53 Å². The molecule has 1 atom stereocenters. The van der Waals surface area contributed by atoms with Gasteiger partial charge in [0.05, 0.1) is 18.8 Å². The smallest absolute Gasteiger partial charge is 0.253 e. The Morgan fingerprint density at radius 3 is 2.63 bits per heavy atom. The fraction of sp³-hybridized carbons (Fsp3) is 0.130. The van der Waals surface area contributed by atoms with E-state index in [-0.39, 0.29) is 18.5 Å². The molecule has 3 N–H and O–H groups in total. The van der Waals surface area contributed by atoms with Gasteiger partial charge in [0.2, 0.25) is 0 Å². The summed E-state index contributed by atoms with van der Waals surface area (Å²) < 4.78 is 5.39. The number of para-hydroxylation sites is 1. The highest BCUT2D eigenvalue weighted by molar-refractivity contribution is 6.30. The summed E-state index contributed by atoms with van der Waals surface area (Å²) >= 11 is 6.12. The lowest BCUT2D eigenvalue weighted by molar-refractivity contribution is -0.121. The maximum absolute atomic E-state index is 12.3. The minimum atomic E-state index is -0.316. The number of nitrogens with two attached hydrogens (primary N) is 1. The molecule has 0 bridgehead atoms. The molecular formula is C23H21ClN4O2. The second-order valence-electron chi connectivity index (χ2n) is 6.88. The van der Waals surface area contributed by atoms with Gasteiger partial charge in [-0.1, -0.05) is 54.1 Å². The Morgan fingerprint density at radius 2 is 1.90 bits per heavy atom. The van der Waals surface area contributed by atoms with Crippen LogP contribution in [0.1, 0.15) is 22.7 Å². The first-order valence-electron chi connectivity index (χ1n) is 9.44. The number of amides is 1. The molecule has 0 saturated heterocycles. The molecule has 0 spiro atoms. The van der Waals surface area contributed by atoms with E-state index in [2.05, 4.69) is 5.43 Å². The van der Waals surface area contributed by atoms with Crippen LogP contribution in [0.5, 0.6) is 5.75 Å². The molecule has 0 aromatic heterocycles. The Bertz CT molecular complexity index is 1100. The fourth-order valence-corrected chi connectivity index (χ4v) is 3.78. The monoisotopic (exact) mass is 420 g/mol. The molecule has 3 aromatic rings. The van der Waals surface area contributed by atoms with Crippen molar-refractivity contribution in [1.82, 2.24) is 10.3 Å². The second-order valence-corrected chi connectivity index (χ2v) is 7.31. The van der Waals surface area contributed by atoms with E-state index >= 15 is 0 Å². The van der Waals surface area contributed by atoms with Gasteiger partial charge in [0.25, 0.3) is 5.91 Å². The number of ether oxygens (including phenoxy) is 1. The zero-order valence-electron chi connectivity index (χ0n) is 16.4. The van der Waals surface area contributed by atoms with Crippen molar-refractivity contribution in [2.24, 2.45) is 10.8 Å². The number of hydrogen-bond donors (Lipinski definition) is 2. The van der Waals surface area contributed by atoms with Crippen LogP contribution in [-0.4, -0.2) is 30.3 Å². The van der Waals surface area contributed by atoms with E-state index in [0.717, 1.165) is 22.4 Å². The average Bonchev–Trinajstić information content (AvgIpc) is 2.79. The Labute approximate surface area is 179 Å². The molecule has 7 heteroatoms. The summed E-state index contributed by atoms with van der Waals surface area (Å²) in [5.74, 6) is 6.47. The molecule has 0 saturated carbocycles. The number of benzene rings is 3. The normalized spacial score (nSPS) is 15.2. The number of hydrazine groups is 1. The highest BCUT2D eigenvalue weighted by Gasteiger charge is 2.33. The van der Waals surface area contributed by atoms with Crippen LogP contribution in [-0.2, 0) is 4.79 Å². The molecule has 1 aliphatic heterocycles. The van der Waals surface area contributed by atoms with Gasteiger partial charge < -0.3 is 9.64 Å². The van der Waals surface area contributed by atoms with E-state index in [0.29, 0.717) is 16.6 Å². The Balaban J connectivity index is 1.92. The van der Waals surface area contributed by atoms with E-state index in [9.17, 15) is 4.79 Å². The van der Waals surface area contributed by atoms with Gasteiger partial charge in [0, 0.05) is 16.1 Å². The summed E-state index contributed by atoms with van der Waals surface area (Å²) in [5.41, 5.74) is 5.91. The summed E-state index contributed by atoms with van der Waals surface area (Å²) in [7, 11) is 1.62. The van der Waals surface area contributed by atoms with E-state index in [4.69, 9.17) is 27.2 Å².